The van der Waals surface area contributed by atoms with Gasteiger partial charge >= 0.3 is 0 Å². The number of aryl methyl sites for hydroxylation is 2. The van der Waals surface area contributed by atoms with Crippen LogP contribution in [0.3, 0.4) is 0 Å². The number of hydrogen-bond acceptors (Lipinski definition) is 3. The summed E-state index contributed by atoms with van der Waals surface area (Å²) in [5.41, 5.74) is 2.58. The zero-order chi connectivity index (χ0) is 24.4. The molecular formula is C27H22ClFN2O3. The summed E-state index contributed by atoms with van der Waals surface area (Å²) in [6, 6.07) is 15.6. The van der Waals surface area contributed by atoms with E-state index in [1.165, 1.54) is 30.5 Å². The van der Waals surface area contributed by atoms with Crippen LogP contribution < -0.4 is 10.7 Å². The zero-order valence-electron chi connectivity index (χ0n) is 18.7. The van der Waals surface area contributed by atoms with Crippen LogP contribution in [0.2, 0.25) is 5.02 Å². The highest BCUT2D eigenvalue weighted by Crippen LogP contribution is 2.21. The summed E-state index contributed by atoms with van der Waals surface area (Å²) in [7, 11) is 0. The number of nitrogens with one attached hydrogen (secondary N) is 1. The standard InChI is InChI=1S/C27H22ClFN2O3/c1-3-17-5-11-24-21(12-17)27(34)22(26(33)18-6-8-19(29)9-7-18)14-31(24)15-25(32)30-20-10-4-16(2)23(28)13-20/h4-14H,3,15H2,1-2H3,(H,30,32). The molecule has 0 spiro atoms. The number of aromatic nitrogens is 1. The second-order valence-corrected chi connectivity index (χ2v) is 8.46. The van der Waals surface area contributed by atoms with Crippen molar-refractivity contribution < 1.29 is 14.0 Å². The highest BCUT2D eigenvalue weighted by atomic mass is 35.5. The Hall–Kier alpha value is -3.77. The average molecular weight is 477 g/mol. The fourth-order valence-electron chi connectivity index (χ4n) is 3.74. The van der Waals surface area contributed by atoms with Gasteiger partial charge in [0.25, 0.3) is 0 Å². The van der Waals surface area contributed by atoms with Gasteiger partial charge in [0.05, 0.1) is 11.1 Å². The van der Waals surface area contributed by atoms with Gasteiger partial charge in [0.1, 0.15) is 12.4 Å². The number of ketones is 1. The normalized spacial score (nSPS) is 10.9. The van der Waals surface area contributed by atoms with E-state index in [1.807, 2.05) is 19.9 Å². The van der Waals surface area contributed by atoms with Crippen molar-refractivity contribution in [2.75, 3.05) is 5.32 Å². The smallest absolute Gasteiger partial charge is 0.244 e. The van der Waals surface area contributed by atoms with E-state index < -0.39 is 17.0 Å². The Morgan fingerprint density at radius 2 is 1.76 bits per heavy atom. The van der Waals surface area contributed by atoms with Gasteiger partial charge in [-0.3, -0.25) is 14.4 Å². The van der Waals surface area contributed by atoms with E-state index in [-0.39, 0.29) is 23.6 Å². The first-order valence-corrected chi connectivity index (χ1v) is 11.2. The van der Waals surface area contributed by atoms with E-state index in [1.54, 1.807) is 34.9 Å². The highest BCUT2D eigenvalue weighted by molar-refractivity contribution is 6.31. The van der Waals surface area contributed by atoms with Crippen molar-refractivity contribution in [1.29, 1.82) is 0 Å². The second-order valence-electron chi connectivity index (χ2n) is 8.05. The van der Waals surface area contributed by atoms with E-state index in [0.29, 0.717) is 28.0 Å². The summed E-state index contributed by atoms with van der Waals surface area (Å²) in [4.78, 5) is 39.2. The molecule has 1 aromatic heterocycles. The number of rotatable bonds is 6. The lowest BCUT2D eigenvalue weighted by Crippen LogP contribution is -2.24. The summed E-state index contributed by atoms with van der Waals surface area (Å²) in [6.45, 7) is 3.70. The number of halogens is 2. The third-order valence-electron chi connectivity index (χ3n) is 5.67. The van der Waals surface area contributed by atoms with Gasteiger partial charge in [0.2, 0.25) is 11.3 Å². The highest BCUT2D eigenvalue weighted by Gasteiger charge is 2.19. The lowest BCUT2D eigenvalue weighted by molar-refractivity contribution is -0.116. The van der Waals surface area contributed by atoms with Gasteiger partial charge in [-0.25, -0.2) is 4.39 Å². The SMILES string of the molecule is CCc1ccc2c(c1)c(=O)c(C(=O)c1ccc(F)cc1)cn2CC(=O)Nc1ccc(C)c(Cl)c1. The van der Waals surface area contributed by atoms with Crippen molar-refractivity contribution in [2.24, 2.45) is 0 Å². The van der Waals surface area contributed by atoms with Gasteiger partial charge in [-0.05, 0) is 73.0 Å². The lowest BCUT2D eigenvalue weighted by atomic mass is 10.0. The van der Waals surface area contributed by atoms with E-state index >= 15 is 0 Å². The minimum Gasteiger partial charge on any atom is -0.337 e. The molecule has 0 saturated carbocycles. The number of nitrogens with zero attached hydrogens (tertiary/aromatic N) is 1. The van der Waals surface area contributed by atoms with Crippen LogP contribution in [0.1, 0.15) is 34.0 Å². The van der Waals surface area contributed by atoms with Crippen LogP contribution in [0.5, 0.6) is 0 Å². The maximum Gasteiger partial charge on any atom is 0.244 e. The fourth-order valence-corrected chi connectivity index (χ4v) is 3.92. The molecule has 3 aromatic carbocycles. The molecule has 1 N–H and O–H groups in total. The Labute approximate surface area is 200 Å². The molecule has 0 aliphatic carbocycles. The predicted octanol–water partition coefficient (Wildman–Crippen LogP) is 5.53. The van der Waals surface area contributed by atoms with Crippen LogP contribution in [-0.2, 0) is 17.8 Å². The average Bonchev–Trinajstić information content (AvgIpc) is 2.83. The Kier molecular flexibility index (Phi) is 6.61. The van der Waals surface area contributed by atoms with Crippen molar-refractivity contribution in [2.45, 2.75) is 26.8 Å². The molecule has 0 fully saturated rings. The van der Waals surface area contributed by atoms with Gasteiger partial charge in [-0.2, -0.15) is 0 Å². The Morgan fingerprint density at radius 1 is 1.03 bits per heavy atom. The summed E-state index contributed by atoms with van der Waals surface area (Å²) < 4.78 is 14.9. The molecule has 0 bridgehead atoms. The predicted molar refractivity (Wildman–Crippen MR) is 132 cm³/mol. The van der Waals surface area contributed by atoms with Gasteiger partial charge in [-0.15, -0.1) is 0 Å². The van der Waals surface area contributed by atoms with Gasteiger partial charge in [0, 0.05) is 27.9 Å². The van der Waals surface area contributed by atoms with Gasteiger partial charge in [-0.1, -0.05) is 30.7 Å². The summed E-state index contributed by atoms with van der Waals surface area (Å²) >= 11 is 6.15. The number of hydrogen-bond donors (Lipinski definition) is 1. The number of anilines is 1. The Bertz CT molecular complexity index is 1480. The van der Waals surface area contributed by atoms with E-state index in [2.05, 4.69) is 5.32 Å². The van der Waals surface area contributed by atoms with Crippen molar-refractivity contribution >= 4 is 39.9 Å². The molecule has 0 unspecified atom stereocenters. The molecule has 4 rings (SSSR count). The van der Waals surface area contributed by atoms with Crippen molar-refractivity contribution in [3.05, 3.63) is 110 Å². The summed E-state index contributed by atoms with van der Waals surface area (Å²) in [5.74, 6) is -1.36. The molecule has 0 saturated heterocycles. The first-order chi connectivity index (χ1) is 16.3. The zero-order valence-corrected chi connectivity index (χ0v) is 19.4. The maximum atomic E-state index is 13.3. The molecule has 5 nitrogen and oxygen atoms in total. The minimum atomic E-state index is -0.534. The quantitative estimate of drug-likeness (QED) is 0.372. The van der Waals surface area contributed by atoms with E-state index in [9.17, 15) is 18.8 Å². The monoisotopic (exact) mass is 476 g/mol. The van der Waals surface area contributed by atoms with Crippen molar-refractivity contribution in [3.8, 4) is 0 Å². The third kappa shape index (κ3) is 4.77. The number of carbonyl (C=O) groups excluding carboxylic acids is 2. The molecule has 34 heavy (non-hydrogen) atoms. The molecule has 1 amide bonds. The van der Waals surface area contributed by atoms with Crippen LogP contribution in [-0.4, -0.2) is 16.3 Å². The molecule has 4 aromatic rings. The van der Waals surface area contributed by atoms with Gasteiger partial charge in [0.15, 0.2) is 5.78 Å². The maximum absolute atomic E-state index is 13.3. The fraction of sp³-hybridized carbons (Fsp3) is 0.148. The number of fused-ring (bicyclic) bond motifs is 1. The number of benzene rings is 3. The summed E-state index contributed by atoms with van der Waals surface area (Å²) in [5, 5.41) is 3.68. The topological polar surface area (TPSA) is 68.2 Å². The van der Waals surface area contributed by atoms with E-state index in [0.717, 1.165) is 11.1 Å². The Morgan fingerprint density at radius 3 is 2.44 bits per heavy atom. The molecule has 172 valence electrons. The largest absolute Gasteiger partial charge is 0.337 e. The number of carbonyl (C=O) groups is 2. The van der Waals surface area contributed by atoms with Crippen LogP contribution in [0.25, 0.3) is 10.9 Å². The molecule has 0 atom stereocenters. The first kappa shape index (κ1) is 23.4. The molecule has 0 aliphatic heterocycles. The van der Waals surface area contributed by atoms with Crippen LogP contribution in [0.4, 0.5) is 10.1 Å². The minimum absolute atomic E-state index is 0.0847. The third-order valence-corrected chi connectivity index (χ3v) is 6.08. The number of amides is 1. The lowest BCUT2D eigenvalue weighted by Gasteiger charge is -2.14. The molecule has 1 heterocycles. The van der Waals surface area contributed by atoms with Crippen molar-refractivity contribution in [3.63, 3.8) is 0 Å². The number of pyridine rings is 1. The molecular weight excluding hydrogens is 455 g/mol. The van der Waals surface area contributed by atoms with Crippen LogP contribution in [0.15, 0.2) is 71.7 Å². The molecule has 0 radical (unpaired) electrons. The molecule has 0 aliphatic rings. The Balaban J connectivity index is 1.76. The summed E-state index contributed by atoms with van der Waals surface area (Å²) in [6.07, 6.45) is 2.10. The van der Waals surface area contributed by atoms with Gasteiger partial charge < -0.3 is 9.88 Å². The van der Waals surface area contributed by atoms with Crippen molar-refractivity contribution in [1.82, 2.24) is 4.57 Å². The second kappa shape index (κ2) is 9.61. The van der Waals surface area contributed by atoms with E-state index in [4.69, 9.17) is 11.6 Å². The van der Waals surface area contributed by atoms with Crippen LogP contribution in [0, 0.1) is 12.7 Å². The molecule has 7 heteroatoms. The first-order valence-electron chi connectivity index (χ1n) is 10.8. The van der Waals surface area contributed by atoms with Crippen LogP contribution >= 0.6 is 11.6 Å².